The highest BCUT2D eigenvalue weighted by atomic mass is 32.1. The molecule has 2 aromatic heterocycles. The first-order valence-electron chi connectivity index (χ1n) is 5.20. The molecule has 0 saturated heterocycles. The number of nitrogens with two attached hydrogens (primary N) is 1. The van der Waals surface area contributed by atoms with E-state index in [0.29, 0.717) is 10.3 Å². The number of alkyl halides is 2. The smallest absolute Gasteiger partial charge is 0.287 e. The Labute approximate surface area is 110 Å². The number of amides is 1. The zero-order valence-corrected chi connectivity index (χ0v) is 10.4. The molecular formula is C10H10F2N4O2S. The van der Waals surface area contributed by atoms with Crippen LogP contribution in [-0.4, -0.2) is 40.1 Å². The fraction of sp³-hybridized carbons (Fsp3) is 0.300. The maximum atomic E-state index is 12.8. The lowest BCUT2D eigenvalue weighted by Crippen LogP contribution is -2.38. The van der Waals surface area contributed by atoms with E-state index < -0.39 is 25.0 Å². The Kier molecular flexibility index (Phi) is 3.58. The molecule has 2 rings (SSSR count). The number of rotatable bonds is 4. The van der Waals surface area contributed by atoms with E-state index >= 15 is 0 Å². The minimum atomic E-state index is -3.36. The van der Waals surface area contributed by atoms with Crippen LogP contribution in [0.15, 0.2) is 12.4 Å². The fourth-order valence-corrected chi connectivity index (χ4v) is 2.30. The van der Waals surface area contributed by atoms with E-state index in [0.717, 1.165) is 11.3 Å². The highest BCUT2D eigenvalue weighted by Crippen LogP contribution is 2.30. The number of fused-ring (bicyclic) bond motifs is 1. The fourth-order valence-electron chi connectivity index (χ4n) is 1.36. The van der Waals surface area contributed by atoms with Gasteiger partial charge < -0.3 is 16.2 Å². The van der Waals surface area contributed by atoms with Crippen LogP contribution in [0.4, 0.5) is 14.5 Å². The molecule has 4 N–H and O–H groups in total. The maximum Gasteiger partial charge on any atom is 0.287 e. The van der Waals surface area contributed by atoms with Gasteiger partial charge in [0.15, 0.2) is 0 Å². The summed E-state index contributed by atoms with van der Waals surface area (Å²) in [5.41, 5.74) is 6.20. The van der Waals surface area contributed by atoms with Gasteiger partial charge in [0.05, 0.1) is 12.2 Å². The first-order chi connectivity index (χ1) is 8.94. The standard InChI is InChI=1S/C10H10F2N4O2S/c11-10(12,4-17)3-16-8(18)7-5(13)6-9(19-7)15-2-1-14-6/h1-2,17H,3-4,13H2,(H,16,18). The van der Waals surface area contributed by atoms with Crippen molar-refractivity contribution >= 4 is 33.3 Å². The summed E-state index contributed by atoms with van der Waals surface area (Å²) in [7, 11) is 0. The van der Waals surface area contributed by atoms with Crippen LogP contribution >= 0.6 is 11.3 Å². The number of carbonyl (C=O) groups is 1. The number of hydrogen-bond donors (Lipinski definition) is 3. The predicted molar refractivity (Wildman–Crippen MR) is 66.2 cm³/mol. The number of aliphatic hydroxyl groups is 1. The Balaban J connectivity index is 2.20. The number of nitrogens with one attached hydrogen (secondary N) is 1. The van der Waals surface area contributed by atoms with Crippen LogP contribution < -0.4 is 11.1 Å². The molecule has 0 aromatic carbocycles. The van der Waals surface area contributed by atoms with E-state index in [1.807, 2.05) is 5.32 Å². The first kappa shape index (κ1) is 13.6. The van der Waals surface area contributed by atoms with Gasteiger partial charge in [-0.25, -0.2) is 18.7 Å². The molecule has 0 unspecified atom stereocenters. The van der Waals surface area contributed by atoms with Crippen molar-refractivity contribution in [3.8, 4) is 0 Å². The highest BCUT2D eigenvalue weighted by Gasteiger charge is 2.29. The topological polar surface area (TPSA) is 101 Å². The molecule has 0 aliphatic rings. The van der Waals surface area contributed by atoms with Gasteiger partial charge in [-0.15, -0.1) is 11.3 Å². The average Bonchev–Trinajstić information content (AvgIpc) is 2.74. The summed E-state index contributed by atoms with van der Waals surface area (Å²) >= 11 is 0.972. The predicted octanol–water partition coefficient (Wildman–Crippen LogP) is 0.631. The summed E-state index contributed by atoms with van der Waals surface area (Å²) < 4.78 is 25.6. The zero-order chi connectivity index (χ0) is 14.0. The van der Waals surface area contributed by atoms with Crippen LogP contribution in [0.5, 0.6) is 0 Å². The molecule has 2 aromatic rings. The van der Waals surface area contributed by atoms with Crippen molar-refractivity contribution in [1.29, 1.82) is 0 Å². The van der Waals surface area contributed by atoms with Crippen molar-refractivity contribution in [3.05, 3.63) is 17.3 Å². The second kappa shape index (κ2) is 5.02. The minimum absolute atomic E-state index is 0.0786. The molecular weight excluding hydrogens is 278 g/mol. The van der Waals surface area contributed by atoms with Gasteiger partial charge in [-0.05, 0) is 0 Å². The summed E-state index contributed by atoms with van der Waals surface area (Å²) in [5, 5.41) is 10.4. The zero-order valence-electron chi connectivity index (χ0n) is 9.56. The minimum Gasteiger partial charge on any atom is -0.396 e. The van der Waals surface area contributed by atoms with Crippen LogP contribution in [0.2, 0.25) is 0 Å². The van der Waals surface area contributed by atoms with E-state index in [-0.39, 0.29) is 10.6 Å². The summed E-state index contributed by atoms with van der Waals surface area (Å²) in [6, 6.07) is 0. The molecule has 1 amide bonds. The van der Waals surface area contributed by atoms with Crippen molar-refractivity contribution in [2.75, 3.05) is 18.9 Å². The third kappa shape index (κ3) is 2.76. The molecule has 19 heavy (non-hydrogen) atoms. The number of nitrogen functional groups attached to an aromatic ring is 1. The lowest BCUT2D eigenvalue weighted by molar-refractivity contribution is -0.0461. The average molecular weight is 288 g/mol. The van der Waals surface area contributed by atoms with Crippen LogP contribution in [0.25, 0.3) is 10.3 Å². The Hall–Kier alpha value is -1.87. The van der Waals surface area contributed by atoms with Gasteiger partial charge in [0.2, 0.25) is 0 Å². The molecule has 6 nitrogen and oxygen atoms in total. The van der Waals surface area contributed by atoms with Gasteiger partial charge in [-0.2, -0.15) is 0 Å². The van der Waals surface area contributed by atoms with Crippen molar-refractivity contribution in [2.24, 2.45) is 0 Å². The normalized spacial score (nSPS) is 11.7. The quantitative estimate of drug-likeness (QED) is 0.766. The van der Waals surface area contributed by atoms with Crippen molar-refractivity contribution in [1.82, 2.24) is 15.3 Å². The van der Waals surface area contributed by atoms with E-state index in [2.05, 4.69) is 9.97 Å². The Morgan fingerprint density at radius 2 is 2.16 bits per heavy atom. The number of aliphatic hydroxyl groups excluding tert-OH is 1. The third-order valence-corrected chi connectivity index (χ3v) is 3.41. The second-order valence-corrected chi connectivity index (χ2v) is 4.75. The Morgan fingerprint density at radius 3 is 2.79 bits per heavy atom. The molecule has 0 radical (unpaired) electrons. The molecule has 0 aliphatic heterocycles. The molecule has 9 heteroatoms. The molecule has 102 valence electrons. The number of nitrogens with zero attached hydrogens (tertiary/aromatic N) is 2. The Bertz CT molecular complexity index is 617. The lowest BCUT2D eigenvalue weighted by Gasteiger charge is -2.13. The van der Waals surface area contributed by atoms with E-state index in [1.165, 1.54) is 12.4 Å². The maximum absolute atomic E-state index is 12.8. The summed E-state index contributed by atoms with van der Waals surface area (Å²) in [4.78, 5) is 20.2. The highest BCUT2D eigenvalue weighted by molar-refractivity contribution is 7.21. The molecule has 0 saturated carbocycles. The number of halogens is 2. The van der Waals surface area contributed by atoms with Gasteiger partial charge >= 0.3 is 0 Å². The molecule has 2 heterocycles. The van der Waals surface area contributed by atoms with Gasteiger partial charge in [-0.1, -0.05) is 0 Å². The van der Waals surface area contributed by atoms with E-state index in [4.69, 9.17) is 10.8 Å². The molecule has 0 aliphatic carbocycles. The molecule has 0 bridgehead atoms. The first-order valence-corrected chi connectivity index (χ1v) is 6.02. The summed E-state index contributed by atoms with van der Waals surface area (Å²) in [6.45, 7) is -2.30. The van der Waals surface area contributed by atoms with Gasteiger partial charge in [0.1, 0.15) is 21.8 Å². The number of anilines is 1. The SMILES string of the molecule is Nc1c(C(=O)NCC(F)(F)CO)sc2nccnc12. The van der Waals surface area contributed by atoms with Crippen molar-refractivity contribution in [3.63, 3.8) is 0 Å². The van der Waals surface area contributed by atoms with Gasteiger partial charge in [0, 0.05) is 12.4 Å². The van der Waals surface area contributed by atoms with Gasteiger partial charge in [0.25, 0.3) is 11.8 Å². The number of hydrogen-bond acceptors (Lipinski definition) is 6. The number of thiophene rings is 1. The lowest BCUT2D eigenvalue weighted by atomic mass is 10.3. The number of aromatic nitrogens is 2. The largest absolute Gasteiger partial charge is 0.396 e. The summed E-state index contributed by atoms with van der Waals surface area (Å²) in [5.74, 6) is -4.10. The van der Waals surface area contributed by atoms with Crippen LogP contribution in [0.1, 0.15) is 9.67 Å². The summed E-state index contributed by atoms with van der Waals surface area (Å²) in [6.07, 6.45) is 2.87. The Morgan fingerprint density at radius 1 is 1.47 bits per heavy atom. The number of carbonyl (C=O) groups excluding carboxylic acids is 1. The molecule has 0 spiro atoms. The third-order valence-electron chi connectivity index (χ3n) is 2.31. The van der Waals surface area contributed by atoms with E-state index in [1.54, 1.807) is 0 Å². The van der Waals surface area contributed by atoms with Crippen molar-refractivity contribution < 1.29 is 18.7 Å². The van der Waals surface area contributed by atoms with Crippen LogP contribution in [0.3, 0.4) is 0 Å². The van der Waals surface area contributed by atoms with Crippen molar-refractivity contribution in [2.45, 2.75) is 5.92 Å². The van der Waals surface area contributed by atoms with Crippen LogP contribution in [0, 0.1) is 0 Å². The van der Waals surface area contributed by atoms with E-state index in [9.17, 15) is 13.6 Å². The van der Waals surface area contributed by atoms with Gasteiger partial charge in [-0.3, -0.25) is 4.79 Å². The van der Waals surface area contributed by atoms with Crippen LogP contribution in [-0.2, 0) is 0 Å². The molecule has 0 fully saturated rings. The molecule has 0 atom stereocenters. The second-order valence-electron chi connectivity index (χ2n) is 3.75. The monoisotopic (exact) mass is 288 g/mol.